The van der Waals surface area contributed by atoms with E-state index < -0.39 is 0 Å². The van der Waals surface area contributed by atoms with Gasteiger partial charge in [-0.3, -0.25) is 9.36 Å². The van der Waals surface area contributed by atoms with Crippen LogP contribution >= 0.6 is 0 Å². The molecular formula is C32H26N6O. The topological polar surface area (TPSA) is 98.7 Å². The third kappa shape index (κ3) is 4.73. The standard InChI is InChI=1S/C32H26N6O/c1-21-19-27-31(37-28(21)23-9-4-2-5-10-23)38(30(36-27)26-13-8-18-34-29(26)33)25-16-14-22(15-17-25)20-35-32(39)24-11-6-3-7-12-24/h2-19H,20H2,1H3,(H2,33,34)(H,35,39). The molecule has 6 rings (SSSR count). The van der Waals surface area contributed by atoms with Crippen molar-refractivity contribution in [2.24, 2.45) is 0 Å². The molecule has 0 radical (unpaired) electrons. The predicted molar refractivity (Wildman–Crippen MR) is 154 cm³/mol. The highest BCUT2D eigenvalue weighted by Gasteiger charge is 2.20. The van der Waals surface area contributed by atoms with Gasteiger partial charge in [0.1, 0.15) is 11.3 Å². The highest BCUT2D eigenvalue weighted by Crippen LogP contribution is 2.33. The number of nitrogens with one attached hydrogen (secondary N) is 1. The van der Waals surface area contributed by atoms with Crippen molar-refractivity contribution < 1.29 is 4.79 Å². The summed E-state index contributed by atoms with van der Waals surface area (Å²) in [6, 6.07) is 33.1. The van der Waals surface area contributed by atoms with Crippen LogP contribution in [0.5, 0.6) is 0 Å². The zero-order valence-corrected chi connectivity index (χ0v) is 21.4. The number of amides is 1. The fraction of sp³-hybridized carbons (Fsp3) is 0.0625. The van der Waals surface area contributed by atoms with Crippen molar-refractivity contribution in [2.45, 2.75) is 13.5 Å². The van der Waals surface area contributed by atoms with E-state index in [2.05, 4.69) is 28.5 Å². The molecular weight excluding hydrogens is 484 g/mol. The highest BCUT2D eigenvalue weighted by atomic mass is 16.1. The van der Waals surface area contributed by atoms with Crippen molar-refractivity contribution in [3.8, 4) is 28.3 Å². The molecule has 0 aliphatic rings. The fourth-order valence-corrected chi connectivity index (χ4v) is 4.66. The van der Waals surface area contributed by atoms with Gasteiger partial charge in [-0.15, -0.1) is 0 Å². The largest absolute Gasteiger partial charge is 0.383 e. The second kappa shape index (κ2) is 10.2. The Labute approximate surface area is 226 Å². The van der Waals surface area contributed by atoms with E-state index in [9.17, 15) is 4.79 Å². The number of carbonyl (C=O) groups is 1. The molecule has 0 saturated carbocycles. The van der Waals surface area contributed by atoms with Crippen molar-refractivity contribution in [1.82, 2.24) is 24.8 Å². The minimum atomic E-state index is -0.109. The average Bonchev–Trinajstić information content (AvgIpc) is 3.34. The Bertz CT molecular complexity index is 1780. The van der Waals surface area contributed by atoms with E-state index in [4.69, 9.17) is 15.7 Å². The van der Waals surface area contributed by atoms with Gasteiger partial charge in [0.05, 0.1) is 11.3 Å². The number of fused-ring (bicyclic) bond motifs is 1. The first-order valence-corrected chi connectivity index (χ1v) is 12.7. The van der Waals surface area contributed by atoms with E-state index in [0.717, 1.165) is 44.8 Å². The summed E-state index contributed by atoms with van der Waals surface area (Å²) < 4.78 is 2.01. The summed E-state index contributed by atoms with van der Waals surface area (Å²) in [5.74, 6) is 0.953. The Balaban J connectivity index is 1.42. The fourth-order valence-electron chi connectivity index (χ4n) is 4.66. The first kappa shape index (κ1) is 24.1. The highest BCUT2D eigenvalue weighted by molar-refractivity contribution is 5.94. The monoisotopic (exact) mass is 510 g/mol. The van der Waals surface area contributed by atoms with Crippen LogP contribution in [0.25, 0.3) is 39.5 Å². The number of carbonyl (C=O) groups excluding carboxylic acids is 1. The van der Waals surface area contributed by atoms with Crippen molar-refractivity contribution >= 4 is 22.9 Å². The molecule has 7 heteroatoms. The zero-order valence-electron chi connectivity index (χ0n) is 21.4. The number of imidazole rings is 1. The molecule has 0 spiro atoms. The van der Waals surface area contributed by atoms with Crippen LogP contribution in [0, 0.1) is 6.92 Å². The van der Waals surface area contributed by atoms with Gasteiger partial charge in [0, 0.05) is 29.6 Å². The molecule has 0 aliphatic heterocycles. The Morgan fingerprint density at radius 2 is 1.59 bits per heavy atom. The number of pyridine rings is 2. The van der Waals surface area contributed by atoms with Crippen LogP contribution in [0.4, 0.5) is 5.82 Å². The summed E-state index contributed by atoms with van der Waals surface area (Å²) in [7, 11) is 0. The maximum Gasteiger partial charge on any atom is 0.251 e. The molecule has 7 nitrogen and oxygen atoms in total. The van der Waals surface area contributed by atoms with Gasteiger partial charge in [0.2, 0.25) is 0 Å². The summed E-state index contributed by atoms with van der Waals surface area (Å²) in [5, 5.41) is 2.98. The normalized spacial score (nSPS) is 11.0. The first-order chi connectivity index (χ1) is 19.1. The van der Waals surface area contributed by atoms with Crippen LogP contribution in [0.15, 0.2) is 109 Å². The molecule has 3 aromatic carbocycles. The number of hydrogen-bond donors (Lipinski definition) is 2. The summed E-state index contributed by atoms with van der Waals surface area (Å²) in [6.07, 6.45) is 1.67. The summed E-state index contributed by atoms with van der Waals surface area (Å²) in [4.78, 5) is 26.8. The Hall–Kier alpha value is -5.30. The molecule has 6 aromatic rings. The van der Waals surface area contributed by atoms with E-state index in [-0.39, 0.29) is 5.91 Å². The average molecular weight is 511 g/mol. The van der Waals surface area contributed by atoms with Gasteiger partial charge in [0.15, 0.2) is 11.5 Å². The lowest BCUT2D eigenvalue weighted by Gasteiger charge is -2.12. The smallest absolute Gasteiger partial charge is 0.251 e. The van der Waals surface area contributed by atoms with Gasteiger partial charge in [-0.25, -0.2) is 15.0 Å². The van der Waals surface area contributed by atoms with Crippen LogP contribution in [0.2, 0.25) is 0 Å². The Morgan fingerprint density at radius 1 is 0.872 bits per heavy atom. The van der Waals surface area contributed by atoms with Crippen LogP contribution in [-0.4, -0.2) is 25.4 Å². The van der Waals surface area contributed by atoms with Crippen molar-refractivity contribution in [1.29, 1.82) is 0 Å². The van der Waals surface area contributed by atoms with Gasteiger partial charge in [-0.05, 0) is 60.5 Å². The number of anilines is 1. The molecule has 3 N–H and O–H groups in total. The number of nitrogen functional groups attached to an aromatic ring is 1. The molecule has 39 heavy (non-hydrogen) atoms. The van der Waals surface area contributed by atoms with Gasteiger partial charge in [-0.2, -0.15) is 0 Å². The third-order valence-corrected chi connectivity index (χ3v) is 6.63. The number of benzene rings is 3. The number of rotatable bonds is 6. The lowest BCUT2D eigenvalue weighted by atomic mass is 10.1. The first-order valence-electron chi connectivity index (χ1n) is 12.7. The van der Waals surface area contributed by atoms with Crippen LogP contribution in [0.3, 0.4) is 0 Å². The Kier molecular flexibility index (Phi) is 6.31. The third-order valence-electron chi connectivity index (χ3n) is 6.63. The SMILES string of the molecule is Cc1cc2nc(-c3cccnc3N)n(-c3ccc(CNC(=O)c4ccccc4)cc3)c2nc1-c1ccccc1. The maximum absolute atomic E-state index is 12.5. The molecule has 0 bridgehead atoms. The number of aryl methyl sites for hydroxylation is 1. The predicted octanol–water partition coefficient (Wildman–Crippen LogP) is 5.97. The zero-order chi connectivity index (χ0) is 26.8. The minimum absolute atomic E-state index is 0.109. The van der Waals surface area contributed by atoms with Crippen molar-refractivity contribution in [3.05, 3.63) is 126 Å². The van der Waals surface area contributed by atoms with Gasteiger partial charge < -0.3 is 11.1 Å². The molecule has 3 aromatic heterocycles. The van der Waals surface area contributed by atoms with Crippen molar-refractivity contribution in [2.75, 3.05) is 5.73 Å². The summed E-state index contributed by atoms with van der Waals surface area (Å²) in [5.41, 5.74) is 14.0. The number of nitrogens with zero attached hydrogens (tertiary/aromatic N) is 4. The maximum atomic E-state index is 12.5. The molecule has 0 fully saturated rings. The van der Waals surface area contributed by atoms with Crippen LogP contribution < -0.4 is 11.1 Å². The summed E-state index contributed by atoms with van der Waals surface area (Å²) >= 11 is 0. The van der Waals surface area contributed by atoms with E-state index in [1.54, 1.807) is 18.3 Å². The van der Waals surface area contributed by atoms with Gasteiger partial charge in [0.25, 0.3) is 5.91 Å². The molecule has 0 aliphatic carbocycles. The van der Waals surface area contributed by atoms with Crippen molar-refractivity contribution in [3.63, 3.8) is 0 Å². The summed E-state index contributed by atoms with van der Waals surface area (Å²) in [6.45, 7) is 2.46. The second-order valence-electron chi connectivity index (χ2n) is 9.28. The number of aromatic nitrogens is 4. The molecule has 0 saturated heterocycles. The lowest BCUT2D eigenvalue weighted by molar-refractivity contribution is 0.0951. The molecule has 0 atom stereocenters. The lowest BCUT2D eigenvalue weighted by Crippen LogP contribution is -2.22. The van der Waals surface area contributed by atoms with Crippen LogP contribution in [-0.2, 0) is 6.54 Å². The Morgan fingerprint density at radius 3 is 2.31 bits per heavy atom. The van der Waals surface area contributed by atoms with E-state index in [0.29, 0.717) is 23.8 Å². The van der Waals surface area contributed by atoms with E-state index in [1.165, 1.54) is 0 Å². The molecule has 0 unspecified atom stereocenters. The van der Waals surface area contributed by atoms with E-state index in [1.807, 2.05) is 84.3 Å². The number of nitrogens with two attached hydrogens (primary N) is 1. The van der Waals surface area contributed by atoms with Gasteiger partial charge in [-0.1, -0.05) is 60.7 Å². The molecule has 3 heterocycles. The van der Waals surface area contributed by atoms with Gasteiger partial charge >= 0.3 is 0 Å². The number of hydrogen-bond acceptors (Lipinski definition) is 5. The molecule has 190 valence electrons. The molecule has 1 amide bonds. The van der Waals surface area contributed by atoms with E-state index >= 15 is 0 Å². The minimum Gasteiger partial charge on any atom is -0.383 e. The quantitative estimate of drug-likeness (QED) is 0.288. The van der Waals surface area contributed by atoms with Crippen LogP contribution in [0.1, 0.15) is 21.5 Å². The second-order valence-corrected chi connectivity index (χ2v) is 9.28.